The maximum atomic E-state index is 13.5. The number of nitrogens with zero attached hydrogens (tertiary/aromatic N) is 6. The molecule has 0 saturated carbocycles. The van der Waals surface area contributed by atoms with Crippen molar-refractivity contribution < 1.29 is 24.0 Å². The third kappa shape index (κ3) is 8.66. The van der Waals surface area contributed by atoms with Gasteiger partial charge in [-0.25, -0.2) is 9.78 Å². The van der Waals surface area contributed by atoms with Crippen molar-refractivity contribution in [3.8, 4) is 0 Å². The number of benzene rings is 1. The molecule has 250 valence electrons. The van der Waals surface area contributed by atoms with Crippen molar-refractivity contribution in [1.29, 1.82) is 0 Å². The lowest BCUT2D eigenvalue weighted by Gasteiger charge is -2.35. The van der Waals surface area contributed by atoms with Crippen LogP contribution in [0.25, 0.3) is 0 Å². The molecule has 0 saturated heterocycles. The molecule has 0 aliphatic carbocycles. The van der Waals surface area contributed by atoms with E-state index < -0.39 is 22.3 Å². The number of anilines is 5. The number of Topliss-reactive ketones (excluding diaryl/α,β-unsaturated/α-hetero) is 1. The summed E-state index contributed by atoms with van der Waals surface area (Å²) in [6.07, 6.45) is 4.16. The number of aromatic nitrogens is 3. The minimum absolute atomic E-state index is 0.0470. The van der Waals surface area contributed by atoms with Crippen molar-refractivity contribution in [1.82, 2.24) is 15.0 Å². The van der Waals surface area contributed by atoms with Crippen LogP contribution in [0.2, 0.25) is 0 Å². The Kier molecular flexibility index (Phi) is 11.0. The number of pyridine rings is 1. The zero-order chi connectivity index (χ0) is 35.1. The lowest BCUT2D eigenvalue weighted by Crippen LogP contribution is -2.46. The van der Waals surface area contributed by atoms with Crippen LogP contribution in [-0.4, -0.2) is 51.3 Å². The molecule has 0 spiro atoms. The number of carbonyl (C=O) groups excluding carboxylic acids is 3. The Labute approximate surface area is 278 Å². The highest BCUT2D eigenvalue weighted by Crippen LogP contribution is 2.33. The molecule has 4 rings (SSSR count). The van der Waals surface area contributed by atoms with Crippen molar-refractivity contribution in [3.05, 3.63) is 106 Å². The summed E-state index contributed by atoms with van der Waals surface area (Å²) in [5, 5.41) is 17.1. The molecule has 2 N–H and O–H groups in total. The molecule has 3 aromatic rings. The minimum atomic E-state index is -0.700. The molecule has 2 aromatic heterocycles. The van der Waals surface area contributed by atoms with E-state index in [2.05, 4.69) is 38.7 Å². The van der Waals surface area contributed by atoms with Crippen LogP contribution in [0.5, 0.6) is 0 Å². The quantitative estimate of drug-likeness (QED) is 0.0690. The van der Waals surface area contributed by atoms with Crippen LogP contribution in [0.15, 0.2) is 79.0 Å². The van der Waals surface area contributed by atoms with Gasteiger partial charge >= 0.3 is 11.7 Å². The van der Waals surface area contributed by atoms with E-state index in [1.165, 1.54) is 11.0 Å². The van der Waals surface area contributed by atoms with E-state index in [0.29, 0.717) is 28.8 Å². The predicted octanol–water partition coefficient (Wildman–Crippen LogP) is 6.00. The fraction of sp³-hybridized carbons (Fsp3) is 0.294. The Morgan fingerprint density at radius 2 is 1.83 bits per heavy atom. The molecular formula is C34H38N8O6. The second-order valence-corrected chi connectivity index (χ2v) is 11.7. The molecule has 1 aliphatic heterocycles. The number of allylic oxidation sites excluding steroid dienone is 2. The first kappa shape index (κ1) is 34.9. The minimum Gasteiger partial charge on any atom is -0.487 e. The molecule has 14 nitrogen and oxygen atoms in total. The van der Waals surface area contributed by atoms with Crippen molar-refractivity contribution in [2.45, 2.75) is 47.1 Å². The molecule has 3 heterocycles. The summed E-state index contributed by atoms with van der Waals surface area (Å²) in [5.74, 6) is -0.196. The lowest BCUT2D eigenvalue weighted by molar-refractivity contribution is -0.423. The van der Waals surface area contributed by atoms with Crippen molar-refractivity contribution >= 4 is 46.5 Å². The average molecular weight is 655 g/mol. The van der Waals surface area contributed by atoms with Crippen LogP contribution in [-0.2, 0) is 20.9 Å². The van der Waals surface area contributed by atoms with Gasteiger partial charge in [0.25, 0.3) is 0 Å². The van der Waals surface area contributed by atoms with E-state index >= 15 is 0 Å². The molecule has 0 fully saturated rings. The van der Waals surface area contributed by atoms with Crippen molar-refractivity contribution in [2.75, 3.05) is 34.1 Å². The summed E-state index contributed by atoms with van der Waals surface area (Å²) >= 11 is 0. The van der Waals surface area contributed by atoms with Gasteiger partial charge < -0.3 is 15.4 Å². The van der Waals surface area contributed by atoms with Gasteiger partial charge in [-0.1, -0.05) is 26.5 Å². The molecule has 0 bridgehead atoms. The van der Waals surface area contributed by atoms with Gasteiger partial charge in [-0.05, 0) is 62.2 Å². The first-order valence-corrected chi connectivity index (χ1v) is 15.1. The number of fused-ring (bicyclic) bond motifs is 1. The fourth-order valence-corrected chi connectivity index (χ4v) is 4.61. The Bertz CT molecular complexity index is 1800. The number of amides is 3. The molecule has 0 radical (unpaired) electrons. The van der Waals surface area contributed by atoms with Gasteiger partial charge in [0.05, 0.1) is 35.6 Å². The number of ether oxygens (including phenoxy) is 1. The van der Waals surface area contributed by atoms with E-state index in [9.17, 15) is 24.5 Å². The molecule has 1 aliphatic rings. The van der Waals surface area contributed by atoms with Gasteiger partial charge in [-0.2, -0.15) is 4.98 Å². The van der Waals surface area contributed by atoms with Gasteiger partial charge in [0.2, 0.25) is 11.9 Å². The second kappa shape index (κ2) is 15.1. The Balaban J connectivity index is 1.41. The first-order chi connectivity index (χ1) is 22.7. The topological polar surface area (TPSA) is 173 Å². The molecule has 1 aromatic carbocycles. The molecule has 48 heavy (non-hydrogen) atoms. The standard InChI is InChI=1S/C34H38N8O6/c1-20(2)19-48-30(24(6)42(46)47)14-22(4)29(43)12-13-31(44)37-26-10-8-21(3)28(15-26)41-18-25-16-36-33(39-32(25)40(7)34(41)45)38-27-11-9-23(5)35-17-27/h8-11,14-17,20H,4,6,12-13,18-19H2,1-3,5,7H3,(H,37,44)(H,36,38,39)/b30-14+. The fourth-order valence-electron chi connectivity index (χ4n) is 4.61. The summed E-state index contributed by atoms with van der Waals surface area (Å²) in [4.78, 5) is 65.8. The third-order valence-electron chi connectivity index (χ3n) is 7.28. The predicted molar refractivity (Wildman–Crippen MR) is 182 cm³/mol. The number of hydrogen-bond acceptors (Lipinski definition) is 10. The smallest absolute Gasteiger partial charge is 0.330 e. The molecule has 0 unspecified atom stereocenters. The van der Waals surface area contributed by atoms with E-state index in [1.54, 1.807) is 42.5 Å². The van der Waals surface area contributed by atoms with Crippen molar-refractivity contribution in [2.24, 2.45) is 5.92 Å². The van der Waals surface area contributed by atoms with Crippen molar-refractivity contribution in [3.63, 3.8) is 0 Å². The third-order valence-corrected chi connectivity index (χ3v) is 7.28. The number of ketones is 1. The molecule has 14 heteroatoms. The Morgan fingerprint density at radius 1 is 1.10 bits per heavy atom. The number of hydrogen-bond donors (Lipinski definition) is 2. The van der Waals surface area contributed by atoms with E-state index in [0.717, 1.165) is 16.8 Å². The zero-order valence-electron chi connectivity index (χ0n) is 27.6. The average Bonchev–Trinajstić information content (AvgIpc) is 3.05. The first-order valence-electron chi connectivity index (χ1n) is 15.1. The number of aryl methyl sites for hydroxylation is 2. The molecule has 0 atom stereocenters. The number of rotatable bonds is 14. The van der Waals surface area contributed by atoms with Crippen LogP contribution in [0.1, 0.15) is 43.5 Å². The maximum absolute atomic E-state index is 13.5. The van der Waals surface area contributed by atoms with Gasteiger partial charge in [-0.15, -0.1) is 0 Å². The van der Waals surface area contributed by atoms with Crippen LogP contribution in [0.4, 0.5) is 33.6 Å². The highest BCUT2D eigenvalue weighted by Gasteiger charge is 2.31. The van der Waals surface area contributed by atoms with E-state index in [-0.39, 0.29) is 49.3 Å². The van der Waals surface area contributed by atoms with Crippen LogP contribution >= 0.6 is 0 Å². The Hall–Kier alpha value is -5.92. The highest BCUT2D eigenvalue weighted by atomic mass is 16.6. The van der Waals surface area contributed by atoms with Crippen LogP contribution in [0, 0.1) is 29.9 Å². The number of carbonyl (C=O) groups is 3. The summed E-state index contributed by atoms with van der Waals surface area (Å²) < 4.78 is 5.47. The van der Waals surface area contributed by atoms with Crippen LogP contribution in [0.3, 0.4) is 0 Å². The number of nitrogens with one attached hydrogen (secondary N) is 2. The number of urea groups is 1. The molecular weight excluding hydrogens is 616 g/mol. The lowest BCUT2D eigenvalue weighted by atomic mass is 10.1. The summed E-state index contributed by atoms with van der Waals surface area (Å²) in [5.41, 5.74) is 3.59. The maximum Gasteiger partial charge on any atom is 0.330 e. The zero-order valence-corrected chi connectivity index (χ0v) is 27.6. The monoisotopic (exact) mass is 654 g/mol. The van der Waals surface area contributed by atoms with Gasteiger partial charge in [0.15, 0.2) is 11.5 Å². The van der Waals surface area contributed by atoms with Gasteiger partial charge in [-0.3, -0.25) is 34.5 Å². The van der Waals surface area contributed by atoms with Gasteiger partial charge in [0.1, 0.15) is 5.82 Å². The van der Waals surface area contributed by atoms with E-state index in [4.69, 9.17) is 4.74 Å². The SMILES string of the molecule is C=C(/C=C(/OCC(C)C)C(=C)[N+](=O)[O-])C(=O)CCC(=O)Nc1ccc(C)c(N2Cc3cnc(Nc4ccc(C)nc4)nc3N(C)C2=O)c1. The van der Waals surface area contributed by atoms with E-state index in [1.807, 2.05) is 39.8 Å². The Morgan fingerprint density at radius 3 is 2.50 bits per heavy atom. The summed E-state index contributed by atoms with van der Waals surface area (Å²) in [6, 6.07) is 8.59. The normalized spacial score (nSPS) is 12.8. The highest BCUT2D eigenvalue weighted by molar-refractivity contribution is 6.06. The second-order valence-electron chi connectivity index (χ2n) is 11.7. The largest absolute Gasteiger partial charge is 0.487 e. The summed E-state index contributed by atoms with van der Waals surface area (Å²) in [7, 11) is 1.63. The molecule has 3 amide bonds. The number of nitro groups is 1. The van der Waals surface area contributed by atoms with Gasteiger partial charge in [0, 0.05) is 48.6 Å². The summed E-state index contributed by atoms with van der Waals surface area (Å²) in [6.45, 7) is 15.0. The van der Waals surface area contributed by atoms with Crippen LogP contribution < -0.4 is 20.4 Å².